The zero-order valence-corrected chi connectivity index (χ0v) is 20.8. The van der Waals surface area contributed by atoms with E-state index in [1.54, 1.807) is 5.38 Å². The number of piperidine rings is 1. The molecule has 1 saturated heterocycles. The van der Waals surface area contributed by atoms with Gasteiger partial charge in [0.25, 0.3) is 11.8 Å². The fourth-order valence-corrected chi connectivity index (χ4v) is 6.84. The van der Waals surface area contributed by atoms with E-state index in [2.05, 4.69) is 10.3 Å². The zero-order chi connectivity index (χ0) is 23.4. The molecule has 7 nitrogen and oxygen atoms in total. The lowest BCUT2D eigenvalue weighted by molar-refractivity contribution is 0.0690. The van der Waals surface area contributed by atoms with E-state index in [0.29, 0.717) is 65.2 Å². The van der Waals surface area contributed by atoms with Crippen molar-refractivity contribution in [2.24, 2.45) is 11.8 Å². The quantitative estimate of drug-likeness (QED) is 0.541. The Morgan fingerprint density at radius 3 is 3.00 bits per heavy atom. The SMILES string of the molecule is Cc1nc(C(=O)N2C[C@@H]3C[C@@H]3[C@H]2CNC(=O)c2scc3c2OCCO3)c(-c2cccc(Cl)c2)s1. The minimum atomic E-state index is -0.197. The van der Waals surface area contributed by atoms with Gasteiger partial charge in [0, 0.05) is 23.5 Å². The lowest BCUT2D eigenvalue weighted by Crippen LogP contribution is -2.45. The third-order valence-corrected chi connectivity index (χ3v) is 8.76. The molecule has 3 atom stereocenters. The Bertz CT molecular complexity index is 1290. The van der Waals surface area contributed by atoms with Crippen LogP contribution in [0.4, 0.5) is 0 Å². The van der Waals surface area contributed by atoms with Crippen molar-refractivity contribution >= 4 is 46.1 Å². The Hall–Kier alpha value is -2.62. The number of nitrogens with zero attached hydrogens (tertiary/aromatic N) is 2. The van der Waals surface area contributed by atoms with Crippen LogP contribution in [0.1, 0.15) is 31.6 Å². The number of aromatic nitrogens is 1. The molecule has 1 aliphatic carbocycles. The predicted molar refractivity (Wildman–Crippen MR) is 131 cm³/mol. The molecule has 2 aliphatic heterocycles. The highest BCUT2D eigenvalue weighted by Crippen LogP contribution is 2.50. The van der Waals surface area contributed by atoms with E-state index in [9.17, 15) is 9.59 Å². The smallest absolute Gasteiger partial charge is 0.274 e. The number of hydrogen-bond donors (Lipinski definition) is 1. The molecule has 1 saturated carbocycles. The summed E-state index contributed by atoms with van der Waals surface area (Å²) in [6, 6.07) is 7.45. The molecule has 3 aliphatic rings. The first-order valence-corrected chi connectivity index (χ1v) is 13.3. The predicted octanol–water partition coefficient (Wildman–Crippen LogP) is 4.50. The number of benzene rings is 1. The molecule has 0 radical (unpaired) electrons. The van der Waals surface area contributed by atoms with Crippen molar-refractivity contribution in [3.05, 3.63) is 50.2 Å². The standard InChI is InChI=1S/C24H22ClN3O4S2/c1-12-27-19(21(34-12)13-3-2-4-15(25)7-13)24(30)28-10-14-8-16(14)17(28)9-26-23(29)22-20-18(11-33-22)31-5-6-32-20/h2-4,7,11,14,16-17H,5-6,8-10H2,1H3,(H,26,29)/t14-,16-,17+/m0/s1. The third kappa shape index (κ3) is 3.85. The Morgan fingerprint density at radius 1 is 1.29 bits per heavy atom. The van der Waals surface area contributed by atoms with Crippen LogP contribution in [-0.4, -0.2) is 54.0 Å². The molecular formula is C24H22ClN3O4S2. The van der Waals surface area contributed by atoms with Crippen LogP contribution in [0.2, 0.25) is 5.02 Å². The van der Waals surface area contributed by atoms with Crippen LogP contribution < -0.4 is 14.8 Å². The normalized spacial score (nSPS) is 22.4. The second-order valence-electron chi connectivity index (χ2n) is 8.77. The first kappa shape index (κ1) is 21.9. The molecule has 2 fully saturated rings. The van der Waals surface area contributed by atoms with Gasteiger partial charge >= 0.3 is 0 Å². The maximum atomic E-state index is 13.7. The van der Waals surface area contributed by atoms with Crippen LogP contribution in [0.15, 0.2) is 29.6 Å². The molecule has 34 heavy (non-hydrogen) atoms. The Balaban J connectivity index is 1.21. The molecule has 176 valence electrons. The lowest BCUT2D eigenvalue weighted by atomic mass is 10.1. The second-order valence-corrected chi connectivity index (χ2v) is 11.3. The van der Waals surface area contributed by atoms with Gasteiger partial charge in [-0.2, -0.15) is 0 Å². The van der Waals surface area contributed by atoms with Gasteiger partial charge in [-0.1, -0.05) is 23.7 Å². The topological polar surface area (TPSA) is 80.8 Å². The first-order valence-electron chi connectivity index (χ1n) is 11.2. The van der Waals surface area contributed by atoms with Crippen LogP contribution >= 0.6 is 34.3 Å². The number of thiazole rings is 1. The zero-order valence-electron chi connectivity index (χ0n) is 18.4. The summed E-state index contributed by atoms with van der Waals surface area (Å²) < 4.78 is 11.2. The third-order valence-electron chi connectivity index (χ3n) is 6.57. The highest BCUT2D eigenvalue weighted by molar-refractivity contribution is 7.15. The Labute approximate surface area is 209 Å². The minimum Gasteiger partial charge on any atom is -0.485 e. The van der Waals surface area contributed by atoms with Crippen molar-refractivity contribution in [2.75, 3.05) is 26.3 Å². The van der Waals surface area contributed by atoms with Crippen molar-refractivity contribution in [3.8, 4) is 21.9 Å². The molecule has 0 unspecified atom stereocenters. The molecular weight excluding hydrogens is 494 g/mol. The van der Waals surface area contributed by atoms with Crippen molar-refractivity contribution in [3.63, 3.8) is 0 Å². The van der Waals surface area contributed by atoms with Crippen LogP contribution in [0.3, 0.4) is 0 Å². The summed E-state index contributed by atoms with van der Waals surface area (Å²) >= 11 is 9.01. The summed E-state index contributed by atoms with van der Waals surface area (Å²) in [5, 5.41) is 6.29. The van der Waals surface area contributed by atoms with E-state index < -0.39 is 0 Å². The average Bonchev–Trinajstić information content (AvgIpc) is 3.17. The van der Waals surface area contributed by atoms with Gasteiger partial charge in [0.2, 0.25) is 0 Å². The molecule has 0 bridgehead atoms. The number of fused-ring (bicyclic) bond motifs is 2. The van der Waals surface area contributed by atoms with Crippen molar-refractivity contribution in [1.82, 2.24) is 15.2 Å². The van der Waals surface area contributed by atoms with Crippen molar-refractivity contribution in [2.45, 2.75) is 19.4 Å². The van der Waals surface area contributed by atoms with Crippen molar-refractivity contribution < 1.29 is 19.1 Å². The van der Waals surface area contributed by atoms with E-state index in [-0.39, 0.29) is 17.9 Å². The Morgan fingerprint density at radius 2 is 2.15 bits per heavy atom. The van der Waals surface area contributed by atoms with E-state index in [4.69, 9.17) is 21.1 Å². The van der Waals surface area contributed by atoms with Gasteiger partial charge in [0.15, 0.2) is 11.5 Å². The van der Waals surface area contributed by atoms with E-state index in [1.807, 2.05) is 36.1 Å². The number of thiophene rings is 1. The monoisotopic (exact) mass is 515 g/mol. The summed E-state index contributed by atoms with van der Waals surface area (Å²) in [6.07, 6.45) is 1.09. The number of ether oxygens (including phenoxy) is 2. The molecule has 2 amide bonds. The second kappa shape index (κ2) is 8.55. The summed E-state index contributed by atoms with van der Waals surface area (Å²) in [6.45, 7) is 3.92. The molecule has 10 heteroatoms. The van der Waals surface area contributed by atoms with Gasteiger partial charge in [-0.3, -0.25) is 9.59 Å². The number of likely N-dealkylation sites (tertiary alicyclic amines) is 1. The Kier molecular flexibility index (Phi) is 5.50. The van der Waals surface area contributed by atoms with Crippen LogP contribution in [0.25, 0.3) is 10.4 Å². The van der Waals surface area contributed by atoms with E-state index in [0.717, 1.165) is 21.9 Å². The van der Waals surface area contributed by atoms with E-state index in [1.165, 1.54) is 22.7 Å². The maximum Gasteiger partial charge on any atom is 0.274 e. The van der Waals surface area contributed by atoms with Gasteiger partial charge in [-0.25, -0.2) is 4.98 Å². The number of carbonyl (C=O) groups is 2. The molecule has 0 spiro atoms. The molecule has 4 heterocycles. The molecule has 6 rings (SSSR count). The molecule has 3 aromatic rings. The van der Waals surface area contributed by atoms with E-state index >= 15 is 0 Å². The fourth-order valence-electron chi connectivity index (χ4n) is 4.90. The summed E-state index contributed by atoms with van der Waals surface area (Å²) in [5.41, 5.74) is 1.35. The number of halogens is 1. The first-order chi connectivity index (χ1) is 16.5. The number of rotatable bonds is 5. The molecule has 1 N–H and O–H groups in total. The largest absolute Gasteiger partial charge is 0.485 e. The number of hydrogen-bond acceptors (Lipinski definition) is 7. The number of aryl methyl sites for hydroxylation is 1. The average molecular weight is 516 g/mol. The maximum absolute atomic E-state index is 13.7. The highest BCUT2D eigenvalue weighted by Gasteiger charge is 2.54. The van der Waals surface area contributed by atoms with Gasteiger partial charge in [0.1, 0.15) is 23.8 Å². The van der Waals surface area contributed by atoms with Crippen molar-refractivity contribution in [1.29, 1.82) is 0 Å². The highest BCUT2D eigenvalue weighted by atomic mass is 35.5. The molecule has 2 aromatic heterocycles. The van der Waals surface area contributed by atoms with Crippen LogP contribution in [0, 0.1) is 18.8 Å². The molecule has 1 aromatic carbocycles. The summed E-state index contributed by atoms with van der Waals surface area (Å²) in [7, 11) is 0. The minimum absolute atomic E-state index is 0.0522. The fraction of sp³-hybridized carbons (Fsp3) is 0.375. The number of nitrogens with one attached hydrogen (secondary N) is 1. The number of carbonyl (C=O) groups excluding carboxylic acids is 2. The summed E-state index contributed by atoms with van der Waals surface area (Å²) in [4.78, 5) is 34.4. The lowest BCUT2D eigenvalue weighted by Gasteiger charge is -2.27. The number of amides is 2. The van der Waals surface area contributed by atoms with Gasteiger partial charge in [-0.05, 0) is 42.9 Å². The van der Waals surface area contributed by atoms with Gasteiger partial charge in [-0.15, -0.1) is 22.7 Å². The van der Waals surface area contributed by atoms with Crippen LogP contribution in [0.5, 0.6) is 11.5 Å². The van der Waals surface area contributed by atoms with Gasteiger partial charge < -0.3 is 19.7 Å². The van der Waals surface area contributed by atoms with Gasteiger partial charge in [0.05, 0.1) is 15.9 Å². The summed E-state index contributed by atoms with van der Waals surface area (Å²) in [5.74, 6) is 1.76. The van der Waals surface area contributed by atoms with Crippen LogP contribution in [-0.2, 0) is 0 Å².